The molecule has 0 fully saturated rings. The number of amides is 1. The molecule has 2 N–H and O–H groups in total. The summed E-state index contributed by atoms with van der Waals surface area (Å²) in [5, 5.41) is 13.8. The van der Waals surface area contributed by atoms with Gasteiger partial charge in [0.25, 0.3) is 0 Å². The standard InChI is InChI=1S/C17H18F3NO2/c1-10-4-5-11-6-7-12(9-13(11)8-10)14(16(2,3)23)21-15(22)17(18,19)20/h4-9,14,23H,1-3H3,(H,21,22). The first kappa shape index (κ1) is 17.3. The SMILES string of the molecule is Cc1ccc2ccc(C(NC(=O)C(F)(F)F)C(C)(C)O)cc2c1. The smallest absolute Gasteiger partial charge is 0.388 e. The number of carbonyl (C=O) groups excluding carboxylic acids is 1. The maximum atomic E-state index is 12.5. The fourth-order valence-corrected chi connectivity index (χ4v) is 2.44. The van der Waals surface area contributed by atoms with E-state index in [0.717, 1.165) is 16.3 Å². The van der Waals surface area contributed by atoms with Crippen LogP contribution in [0.1, 0.15) is 31.0 Å². The van der Waals surface area contributed by atoms with Gasteiger partial charge in [0.05, 0.1) is 11.6 Å². The van der Waals surface area contributed by atoms with Crippen molar-refractivity contribution >= 4 is 16.7 Å². The van der Waals surface area contributed by atoms with Crippen LogP contribution in [0.5, 0.6) is 0 Å². The van der Waals surface area contributed by atoms with Gasteiger partial charge < -0.3 is 10.4 Å². The fraction of sp³-hybridized carbons (Fsp3) is 0.353. The molecule has 23 heavy (non-hydrogen) atoms. The zero-order valence-corrected chi connectivity index (χ0v) is 13.0. The zero-order chi connectivity index (χ0) is 17.4. The number of carbonyl (C=O) groups is 1. The third-order valence-corrected chi connectivity index (χ3v) is 3.59. The van der Waals surface area contributed by atoms with Crippen molar-refractivity contribution < 1.29 is 23.1 Å². The van der Waals surface area contributed by atoms with Crippen LogP contribution < -0.4 is 5.32 Å². The van der Waals surface area contributed by atoms with Crippen molar-refractivity contribution in [3.63, 3.8) is 0 Å². The molecule has 0 radical (unpaired) electrons. The molecule has 0 aromatic heterocycles. The highest BCUT2D eigenvalue weighted by Crippen LogP contribution is 2.30. The van der Waals surface area contributed by atoms with Gasteiger partial charge in [-0.2, -0.15) is 13.2 Å². The normalized spacial score (nSPS) is 13.9. The van der Waals surface area contributed by atoms with E-state index in [9.17, 15) is 23.1 Å². The molecule has 0 aliphatic heterocycles. The lowest BCUT2D eigenvalue weighted by molar-refractivity contribution is -0.176. The zero-order valence-electron chi connectivity index (χ0n) is 13.0. The van der Waals surface area contributed by atoms with E-state index in [4.69, 9.17) is 0 Å². The highest BCUT2D eigenvalue weighted by Gasteiger charge is 2.42. The first-order valence-electron chi connectivity index (χ1n) is 7.09. The summed E-state index contributed by atoms with van der Waals surface area (Å²) in [6, 6.07) is 9.59. The Balaban J connectivity index is 2.45. The summed E-state index contributed by atoms with van der Waals surface area (Å²) in [7, 11) is 0. The average molecular weight is 325 g/mol. The molecule has 0 saturated carbocycles. The topological polar surface area (TPSA) is 49.3 Å². The number of aryl methyl sites for hydroxylation is 1. The molecule has 2 aromatic rings. The summed E-state index contributed by atoms with van der Waals surface area (Å²) in [5.74, 6) is -2.08. The van der Waals surface area contributed by atoms with Gasteiger partial charge in [0, 0.05) is 0 Å². The second-order valence-corrected chi connectivity index (χ2v) is 6.17. The lowest BCUT2D eigenvalue weighted by atomic mass is 9.90. The maximum Gasteiger partial charge on any atom is 0.471 e. The third-order valence-electron chi connectivity index (χ3n) is 3.59. The van der Waals surface area contributed by atoms with E-state index in [1.807, 2.05) is 30.4 Å². The van der Waals surface area contributed by atoms with E-state index in [1.165, 1.54) is 13.8 Å². The highest BCUT2D eigenvalue weighted by atomic mass is 19.4. The van der Waals surface area contributed by atoms with Crippen molar-refractivity contribution in [3.8, 4) is 0 Å². The van der Waals surface area contributed by atoms with Gasteiger partial charge in [-0.25, -0.2) is 0 Å². The Morgan fingerprint density at radius 1 is 1.09 bits per heavy atom. The number of hydrogen-bond donors (Lipinski definition) is 2. The summed E-state index contributed by atoms with van der Waals surface area (Å²) in [6.45, 7) is 4.62. The van der Waals surface area contributed by atoms with E-state index in [2.05, 4.69) is 0 Å². The molecule has 1 amide bonds. The van der Waals surface area contributed by atoms with Crippen LogP contribution >= 0.6 is 0 Å². The van der Waals surface area contributed by atoms with E-state index >= 15 is 0 Å². The van der Waals surface area contributed by atoms with Crippen molar-refractivity contribution in [2.45, 2.75) is 38.6 Å². The molecular formula is C17H18F3NO2. The lowest BCUT2D eigenvalue weighted by Gasteiger charge is -2.31. The number of aliphatic hydroxyl groups is 1. The number of alkyl halides is 3. The number of rotatable bonds is 3. The molecule has 3 nitrogen and oxygen atoms in total. The minimum Gasteiger partial charge on any atom is -0.388 e. The van der Waals surface area contributed by atoms with Crippen molar-refractivity contribution in [2.24, 2.45) is 0 Å². The van der Waals surface area contributed by atoms with Crippen LogP contribution in [0.15, 0.2) is 36.4 Å². The van der Waals surface area contributed by atoms with Crippen molar-refractivity contribution in [3.05, 3.63) is 47.5 Å². The first-order valence-corrected chi connectivity index (χ1v) is 7.09. The predicted molar refractivity (Wildman–Crippen MR) is 81.9 cm³/mol. The van der Waals surface area contributed by atoms with Crippen molar-refractivity contribution in [1.29, 1.82) is 0 Å². The molecule has 1 atom stereocenters. The Bertz CT molecular complexity index is 733. The molecule has 6 heteroatoms. The van der Waals surface area contributed by atoms with Crippen LogP contribution in [0, 0.1) is 6.92 Å². The number of benzene rings is 2. The number of halogens is 3. The Kier molecular flexibility index (Phi) is 4.39. The van der Waals surface area contributed by atoms with Crippen LogP contribution in [-0.2, 0) is 4.79 Å². The third kappa shape index (κ3) is 4.01. The van der Waals surface area contributed by atoms with Gasteiger partial charge in [0.2, 0.25) is 0 Å². The summed E-state index contributed by atoms with van der Waals surface area (Å²) in [4.78, 5) is 11.3. The van der Waals surface area contributed by atoms with E-state index in [-0.39, 0.29) is 0 Å². The summed E-state index contributed by atoms with van der Waals surface area (Å²) >= 11 is 0. The molecule has 0 bridgehead atoms. The van der Waals surface area contributed by atoms with Gasteiger partial charge in [-0.3, -0.25) is 4.79 Å². The second kappa shape index (κ2) is 5.85. The van der Waals surface area contributed by atoms with E-state index < -0.39 is 23.7 Å². The highest BCUT2D eigenvalue weighted by molar-refractivity contribution is 5.85. The van der Waals surface area contributed by atoms with Gasteiger partial charge >= 0.3 is 12.1 Å². The summed E-state index contributed by atoms with van der Waals surface area (Å²) < 4.78 is 37.6. The number of nitrogens with one attached hydrogen (secondary N) is 1. The molecular weight excluding hydrogens is 307 g/mol. The lowest BCUT2D eigenvalue weighted by Crippen LogP contribution is -2.46. The Hall–Kier alpha value is -2.08. The molecule has 124 valence electrons. The molecule has 0 aliphatic carbocycles. The minimum absolute atomic E-state index is 0.410. The molecule has 0 saturated heterocycles. The van der Waals surface area contributed by atoms with E-state index in [0.29, 0.717) is 5.56 Å². The van der Waals surface area contributed by atoms with Crippen LogP contribution in [0.25, 0.3) is 10.8 Å². The molecule has 0 spiro atoms. The summed E-state index contributed by atoms with van der Waals surface area (Å²) in [6.07, 6.45) is -5.00. The Labute approximate surface area is 132 Å². The predicted octanol–water partition coefficient (Wildman–Crippen LogP) is 3.64. The van der Waals surface area contributed by atoms with E-state index in [1.54, 1.807) is 18.2 Å². The quantitative estimate of drug-likeness (QED) is 0.905. The molecule has 1 unspecified atom stereocenters. The Morgan fingerprint density at radius 2 is 1.70 bits per heavy atom. The van der Waals surface area contributed by atoms with Gasteiger partial charge in [-0.05, 0) is 43.2 Å². The monoisotopic (exact) mass is 325 g/mol. The van der Waals surface area contributed by atoms with Crippen LogP contribution in [0.3, 0.4) is 0 Å². The van der Waals surface area contributed by atoms with Crippen LogP contribution in [0.2, 0.25) is 0 Å². The van der Waals surface area contributed by atoms with Gasteiger partial charge in [-0.1, -0.05) is 35.9 Å². The molecule has 2 rings (SSSR count). The van der Waals surface area contributed by atoms with Gasteiger partial charge in [0.1, 0.15) is 0 Å². The molecule has 0 aliphatic rings. The van der Waals surface area contributed by atoms with Gasteiger partial charge in [-0.15, -0.1) is 0 Å². The average Bonchev–Trinajstić information content (AvgIpc) is 2.41. The molecule has 0 heterocycles. The molecule has 2 aromatic carbocycles. The number of fused-ring (bicyclic) bond motifs is 1. The number of hydrogen-bond acceptors (Lipinski definition) is 2. The summed E-state index contributed by atoms with van der Waals surface area (Å²) in [5.41, 5.74) is -0.139. The van der Waals surface area contributed by atoms with Crippen LogP contribution in [0.4, 0.5) is 13.2 Å². The van der Waals surface area contributed by atoms with Crippen molar-refractivity contribution in [2.75, 3.05) is 0 Å². The van der Waals surface area contributed by atoms with Gasteiger partial charge in [0.15, 0.2) is 0 Å². The Morgan fingerprint density at radius 3 is 2.26 bits per heavy atom. The maximum absolute atomic E-state index is 12.5. The minimum atomic E-state index is -5.00. The largest absolute Gasteiger partial charge is 0.471 e. The van der Waals surface area contributed by atoms with Crippen molar-refractivity contribution in [1.82, 2.24) is 5.32 Å². The first-order chi connectivity index (χ1) is 10.5. The second-order valence-electron chi connectivity index (χ2n) is 6.17. The fourth-order valence-electron chi connectivity index (χ4n) is 2.44. The van der Waals surface area contributed by atoms with Crippen LogP contribution in [-0.4, -0.2) is 22.8 Å².